The topological polar surface area (TPSA) is 96.3 Å². The number of hydrogen-bond acceptors (Lipinski definition) is 6. The molecule has 8 heteroatoms. The quantitative estimate of drug-likeness (QED) is 0.467. The highest BCUT2D eigenvalue weighted by molar-refractivity contribution is 6.10. The van der Waals surface area contributed by atoms with Crippen LogP contribution in [0.4, 0.5) is 17.1 Å². The van der Waals surface area contributed by atoms with Crippen LogP contribution in [0.15, 0.2) is 73.3 Å². The molecule has 2 saturated heterocycles. The fraction of sp³-hybridized carbons (Fsp3) is 0.400. The van der Waals surface area contributed by atoms with Crippen molar-refractivity contribution in [3.63, 3.8) is 0 Å². The SMILES string of the molecule is C=CCN1C(=O)[C@@](O)([C@@H](C)/C=C/CCO)c2cc(N3CN(c4ccccc4)C4(CCNCC4)C3=O)ccc21. The van der Waals surface area contributed by atoms with Gasteiger partial charge in [0.25, 0.3) is 11.8 Å². The van der Waals surface area contributed by atoms with E-state index >= 15 is 0 Å². The molecule has 5 rings (SSSR count). The zero-order valence-electron chi connectivity index (χ0n) is 21.8. The second-order valence-electron chi connectivity index (χ2n) is 10.3. The Balaban J connectivity index is 1.57. The highest BCUT2D eigenvalue weighted by Gasteiger charge is 2.55. The summed E-state index contributed by atoms with van der Waals surface area (Å²) in [7, 11) is 0. The van der Waals surface area contributed by atoms with Gasteiger partial charge in [0.1, 0.15) is 5.54 Å². The predicted molar refractivity (Wildman–Crippen MR) is 149 cm³/mol. The van der Waals surface area contributed by atoms with Gasteiger partial charge in [-0.05, 0) is 62.7 Å². The van der Waals surface area contributed by atoms with Crippen molar-refractivity contribution in [3.8, 4) is 0 Å². The first-order valence-corrected chi connectivity index (χ1v) is 13.3. The number of amides is 2. The molecule has 8 nitrogen and oxygen atoms in total. The van der Waals surface area contributed by atoms with Gasteiger partial charge in [-0.2, -0.15) is 0 Å². The lowest BCUT2D eigenvalue weighted by molar-refractivity contribution is -0.139. The van der Waals surface area contributed by atoms with E-state index in [1.165, 1.54) is 0 Å². The molecule has 2 atom stereocenters. The van der Waals surface area contributed by atoms with Crippen LogP contribution >= 0.6 is 0 Å². The van der Waals surface area contributed by atoms with Crippen LogP contribution in [0, 0.1) is 5.92 Å². The summed E-state index contributed by atoms with van der Waals surface area (Å²) in [5.74, 6) is -0.926. The Hall–Kier alpha value is -3.46. The normalized spacial score (nSPS) is 23.5. The van der Waals surface area contributed by atoms with Gasteiger partial charge < -0.3 is 25.3 Å². The Morgan fingerprint density at radius 3 is 2.50 bits per heavy atom. The fourth-order valence-corrected chi connectivity index (χ4v) is 6.09. The number of carbonyl (C=O) groups excluding carboxylic acids is 2. The molecule has 3 aliphatic heterocycles. The van der Waals surface area contributed by atoms with Crippen LogP contribution < -0.4 is 20.0 Å². The minimum Gasteiger partial charge on any atom is -0.396 e. The number of rotatable bonds is 8. The molecule has 0 radical (unpaired) electrons. The molecule has 38 heavy (non-hydrogen) atoms. The standard InChI is InChI=1S/C30H36N4O4/c1-3-18-32-26-13-12-24(20-25(26)30(38,28(32)37)22(2)9-7-8-19-35)33-21-34(23-10-5-4-6-11-23)29(27(33)36)14-16-31-17-15-29/h3-7,9-13,20,22,31,35,38H,1,8,14-19,21H2,2H3/b9-7+/t22-,30+/m0/s1. The first-order valence-electron chi connectivity index (χ1n) is 13.3. The van der Waals surface area contributed by atoms with E-state index in [0.717, 1.165) is 18.8 Å². The molecule has 0 aromatic heterocycles. The van der Waals surface area contributed by atoms with Gasteiger partial charge in [-0.25, -0.2) is 0 Å². The average Bonchev–Trinajstić information content (AvgIpc) is 3.34. The Bertz CT molecular complexity index is 1240. The molecule has 3 N–H and O–H groups in total. The summed E-state index contributed by atoms with van der Waals surface area (Å²) in [6.45, 7) is 7.73. The van der Waals surface area contributed by atoms with E-state index in [1.54, 1.807) is 41.0 Å². The maximum atomic E-state index is 14.1. The lowest BCUT2D eigenvalue weighted by Gasteiger charge is -2.39. The van der Waals surface area contributed by atoms with Gasteiger partial charge >= 0.3 is 0 Å². The first kappa shape index (κ1) is 26.2. The average molecular weight is 517 g/mol. The number of aliphatic hydroxyl groups excluding tert-OH is 1. The molecule has 200 valence electrons. The second kappa shape index (κ2) is 10.4. The lowest BCUT2D eigenvalue weighted by Crippen LogP contribution is -2.55. The van der Waals surface area contributed by atoms with Gasteiger partial charge in [0.2, 0.25) is 0 Å². The molecular weight excluding hydrogens is 480 g/mol. The number of nitrogens with zero attached hydrogens (tertiary/aromatic N) is 3. The minimum atomic E-state index is -1.80. The molecule has 0 bridgehead atoms. The van der Waals surface area contributed by atoms with Crippen molar-refractivity contribution < 1.29 is 19.8 Å². The highest BCUT2D eigenvalue weighted by atomic mass is 16.3. The molecule has 0 saturated carbocycles. The number of fused-ring (bicyclic) bond motifs is 1. The number of hydrogen-bond donors (Lipinski definition) is 3. The van der Waals surface area contributed by atoms with Crippen molar-refractivity contribution >= 4 is 28.9 Å². The van der Waals surface area contributed by atoms with Crippen LogP contribution in [0.1, 0.15) is 31.7 Å². The molecule has 3 heterocycles. The zero-order valence-corrected chi connectivity index (χ0v) is 21.8. The zero-order chi connectivity index (χ0) is 26.9. The third kappa shape index (κ3) is 4.04. The molecule has 2 amide bonds. The van der Waals surface area contributed by atoms with E-state index in [4.69, 9.17) is 0 Å². The Morgan fingerprint density at radius 2 is 1.82 bits per heavy atom. The molecule has 2 fully saturated rings. The summed E-state index contributed by atoms with van der Waals surface area (Å²) in [5.41, 5.74) is 0.308. The summed E-state index contributed by atoms with van der Waals surface area (Å²) < 4.78 is 0. The number of aliphatic hydroxyl groups is 2. The van der Waals surface area contributed by atoms with Crippen molar-refractivity contribution in [2.75, 3.05) is 47.6 Å². The van der Waals surface area contributed by atoms with Crippen LogP contribution in [0.25, 0.3) is 0 Å². The van der Waals surface area contributed by atoms with E-state index in [2.05, 4.69) is 16.8 Å². The van der Waals surface area contributed by atoms with Crippen molar-refractivity contribution in [2.45, 2.75) is 37.3 Å². The number of para-hydroxylation sites is 1. The first-order chi connectivity index (χ1) is 18.4. The largest absolute Gasteiger partial charge is 0.396 e. The van der Waals surface area contributed by atoms with Gasteiger partial charge in [0.05, 0.1) is 12.4 Å². The summed E-state index contributed by atoms with van der Waals surface area (Å²) in [6, 6.07) is 15.5. The van der Waals surface area contributed by atoms with Crippen molar-refractivity contribution in [2.24, 2.45) is 5.92 Å². The van der Waals surface area contributed by atoms with Gasteiger partial charge in [-0.15, -0.1) is 6.58 Å². The van der Waals surface area contributed by atoms with Crippen LogP contribution in [0.5, 0.6) is 0 Å². The van der Waals surface area contributed by atoms with Gasteiger partial charge in [0.15, 0.2) is 5.60 Å². The number of piperidine rings is 1. The number of nitrogens with one attached hydrogen (secondary N) is 1. The van der Waals surface area contributed by atoms with Crippen molar-refractivity contribution in [1.82, 2.24) is 5.32 Å². The van der Waals surface area contributed by atoms with Crippen LogP contribution in [0.2, 0.25) is 0 Å². The van der Waals surface area contributed by atoms with Gasteiger partial charge in [0, 0.05) is 36.0 Å². The molecule has 0 unspecified atom stereocenters. The van der Waals surface area contributed by atoms with E-state index in [1.807, 2.05) is 42.5 Å². The van der Waals surface area contributed by atoms with Crippen molar-refractivity contribution in [1.29, 1.82) is 0 Å². The van der Waals surface area contributed by atoms with E-state index in [-0.39, 0.29) is 19.1 Å². The maximum absolute atomic E-state index is 14.1. The summed E-state index contributed by atoms with van der Waals surface area (Å²) in [5, 5.41) is 24.5. The summed E-state index contributed by atoms with van der Waals surface area (Å²) in [4.78, 5) is 33.2. The van der Waals surface area contributed by atoms with E-state index in [9.17, 15) is 19.8 Å². The smallest absolute Gasteiger partial charge is 0.264 e. The summed E-state index contributed by atoms with van der Waals surface area (Å²) >= 11 is 0. The predicted octanol–water partition coefficient (Wildman–Crippen LogP) is 2.91. The van der Waals surface area contributed by atoms with Crippen LogP contribution in [-0.4, -0.2) is 60.5 Å². The highest BCUT2D eigenvalue weighted by Crippen LogP contribution is 2.48. The van der Waals surface area contributed by atoms with Crippen LogP contribution in [0.3, 0.4) is 0 Å². The maximum Gasteiger partial charge on any atom is 0.264 e. The third-order valence-electron chi connectivity index (χ3n) is 8.20. The van der Waals surface area contributed by atoms with Crippen molar-refractivity contribution in [3.05, 3.63) is 78.9 Å². The molecule has 3 aliphatic rings. The third-order valence-corrected chi connectivity index (χ3v) is 8.20. The molecular formula is C30H36N4O4. The fourth-order valence-electron chi connectivity index (χ4n) is 6.09. The Kier molecular flexibility index (Phi) is 7.13. The molecule has 2 aromatic rings. The molecule has 0 aliphatic carbocycles. The number of carbonyl (C=O) groups is 2. The van der Waals surface area contributed by atoms with Crippen LogP contribution in [-0.2, 0) is 15.2 Å². The number of anilines is 3. The Labute approximate surface area is 223 Å². The van der Waals surface area contributed by atoms with E-state index in [0.29, 0.717) is 42.9 Å². The summed E-state index contributed by atoms with van der Waals surface area (Å²) in [6.07, 6.45) is 7.01. The van der Waals surface area contributed by atoms with Gasteiger partial charge in [-0.3, -0.25) is 14.5 Å². The molecule has 2 aromatic carbocycles. The lowest BCUT2D eigenvalue weighted by atomic mass is 9.82. The number of benzene rings is 2. The molecule has 1 spiro atoms. The second-order valence-corrected chi connectivity index (χ2v) is 10.3. The van der Waals surface area contributed by atoms with E-state index < -0.39 is 23.0 Å². The monoisotopic (exact) mass is 516 g/mol. The minimum absolute atomic E-state index is 0.00875. The Morgan fingerprint density at radius 1 is 1.08 bits per heavy atom. The van der Waals surface area contributed by atoms with Gasteiger partial charge in [-0.1, -0.05) is 43.4 Å².